The molecule has 1 aliphatic heterocycles. The van der Waals surface area contributed by atoms with E-state index in [0.29, 0.717) is 36.0 Å². The monoisotopic (exact) mass is 664 g/mol. The average Bonchev–Trinajstić information content (AvgIpc) is 3.46. The van der Waals surface area contributed by atoms with Crippen molar-refractivity contribution in [3.8, 4) is 11.6 Å². The number of alkyl halides is 3. The predicted octanol–water partition coefficient (Wildman–Crippen LogP) is 6.89. The van der Waals surface area contributed by atoms with Crippen molar-refractivity contribution in [2.24, 2.45) is 5.14 Å². The Bertz CT molecular complexity index is 1350. The summed E-state index contributed by atoms with van der Waals surface area (Å²) in [5.41, 5.74) is 1.86. The molecule has 1 aliphatic carbocycles. The summed E-state index contributed by atoms with van der Waals surface area (Å²) in [6.45, 7) is 9.84. The third-order valence-electron chi connectivity index (χ3n) is 7.12. The van der Waals surface area contributed by atoms with E-state index in [4.69, 9.17) is 14.6 Å². The first kappa shape index (κ1) is 38.6. The van der Waals surface area contributed by atoms with Gasteiger partial charge >= 0.3 is 6.18 Å². The summed E-state index contributed by atoms with van der Waals surface area (Å²) in [7, 11) is 3.50. The van der Waals surface area contributed by atoms with Crippen molar-refractivity contribution in [2.75, 3.05) is 38.8 Å². The van der Waals surface area contributed by atoms with E-state index in [2.05, 4.69) is 32.5 Å². The highest BCUT2D eigenvalue weighted by molar-refractivity contribution is 7.96. The van der Waals surface area contributed by atoms with Crippen LogP contribution in [-0.4, -0.2) is 66.4 Å². The minimum atomic E-state index is -4.68. The number of piperidine rings is 1. The number of nitrogens with one attached hydrogen (secondary N) is 2. The fraction of sp³-hybridized carbons (Fsp3) is 0.485. The zero-order chi connectivity index (χ0) is 34.3. The molecule has 9 nitrogen and oxygen atoms in total. The van der Waals surface area contributed by atoms with Gasteiger partial charge in [-0.2, -0.15) is 18.2 Å². The fourth-order valence-electron chi connectivity index (χ4n) is 4.95. The lowest BCUT2D eigenvalue weighted by atomic mass is 10.0. The van der Waals surface area contributed by atoms with Gasteiger partial charge in [0.1, 0.15) is 17.4 Å². The second-order valence-electron chi connectivity index (χ2n) is 10.2. The Morgan fingerprint density at radius 3 is 2.17 bits per heavy atom. The van der Waals surface area contributed by atoms with Crippen LogP contribution in [0.5, 0.6) is 11.6 Å². The summed E-state index contributed by atoms with van der Waals surface area (Å²) >= 11 is 1.25. The summed E-state index contributed by atoms with van der Waals surface area (Å²) in [6, 6.07) is 12.6. The number of rotatable bonds is 7. The highest BCUT2D eigenvalue weighted by Gasteiger charge is 2.37. The minimum absolute atomic E-state index is 0.0876. The van der Waals surface area contributed by atoms with Crippen LogP contribution in [0.2, 0.25) is 0 Å². The van der Waals surface area contributed by atoms with Crippen LogP contribution in [0, 0.1) is 0 Å². The molecule has 1 amide bonds. The molecular formula is C33H47F3N6O3S. The van der Waals surface area contributed by atoms with Crippen molar-refractivity contribution in [3.63, 3.8) is 0 Å². The maximum Gasteiger partial charge on any atom is 0.423 e. The molecule has 2 aromatic carbocycles. The zero-order valence-corrected chi connectivity index (χ0v) is 28.5. The molecule has 0 bridgehead atoms. The Hall–Kier alpha value is -3.55. The summed E-state index contributed by atoms with van der Waals surface area (Å²) in [5.74, 6) is -0.516. The number of carbonyl (C=O) groups excluding carboxylic acids is 1. The normalized spacial score (nSPS) is 14.7. The van der Waals surface area contributed by atoms with Crippen LogP contribution in [0.25, 0.3) is 0 Å². The number of carbonyl (C=O) groups is 1. The fourth-order valence-corrected chi connectivity index (χ4v) is 4.95. The first-order valence-corrected chi connectivity index (χ1v) is 16.7. The first-order chi connectivity index (χ1) is 22.1. The third kappa shape index (κ3) is 11.1. The van der Waals surface area contributed by atoms with Crippen molar-refractivity contribution in [3.05, 3.63) is 70.9 Å². The number of nitrogens with two attached hydrogens (primary N) is 1. The molecule has 3 aromatic rings. The molecule has 0 unspecified atom stereocenters. The number of methoxy groups -OCH3 is 1. The van der Waals surface area contributed by atoms with Crippen molar-refractivity contribution in [1.29, 1.82) is 0 Å². The number of ether oxygens (including phenoxy) is 2. The van der Waals surface area contributed by atoms with E-state index in [0.717, 1.165) is 37.1 Å². The SMILES string of the molecule is CC.CC.COc1cc(C(=O)NC2CCN(C)CC2)ccc1Nc1ncc(C(F)(F)F)c(OC2Cc3ccccc3C2)n1.CSN. The maximum atomic E-state index is 13.7. The van der Waals surface area contributed by atoms with E-state index in [1.54, 1.807) is 18.2 Å². The standard InChI is InChI=1S/C28H30F3N5O3.2C2H6.CH5NS/c1-36-11-9-20(10-12-36)33-25(37)19-7-8-23(24(15-19)38-2)34-27-32-16-22(28(29,30)31)26(35-27)39-21-13-17-5-3-4-6-18(17)14-21;2*1-2;1-3-2/h3-8,15-16,20-21H,9-14H2,1-2H3,(H,33,37)(H,32,34,35);2*1-2H3;2H2,1H3. The van der Waals surface area contributed by atoms with Crippen LogP contribution < -0.4 is 25.2 Å². The summed E-state index contributed by atoms with van der Waals surface area (Å²) in [5, 5.41) is 10.7. The Labute approximate surface area is 275 Å². The lowest BCUT2D eigenvalue weighted by Crippen LogP contribution is -2.43. The Balaban J connectivity index is 0.000000977. The number of fused-ring (bicyclic) bond motifs is 1. The number of hydrogen-bond donors (Lipinski definition) is 3. The first-order valence-electron chi connectivity index (χ1n) is 15.5. The minimum Gasteiger partial charge on any atom is -0.495 e. The number of likely N-dealkylation sites (tertiary alicyclic amines) is 1. The van der Waals surface area contributed by atoms with E-state index in [1.165, 1.54) is 19.1 Å². The highest BCUT2D eigenvalue weighted by Crippen LogP contribution is 2.37. The van der Waals surface area contributed by atoms with E-state index in [-0.39, 0.29) is 17.9 Å². The van der Waals surface area contributed by atoms with Gasteiger partial charge in [-0.15, -0.1) is 0 Å². The van der Waals surface area contributed by atoms with E-state index in [1.807, 2.05) is 58.2 Å². The van der Waals surface area contributed by atoms with Crippen LogP contribution in [0.1, 0.15) is 67.6 Å². The molecular weight excluding hydrogens is 617 g/mol. The summed E-state index contributed by atoms with van der Waals surface area (Å²) < 4.78 is 52.4. The van der Waals surface area contributed by atoms with Crippen LogP contribution in [0.4, 0.5) is 24.8 Å². The molecule has 1 fully saturated rings. The van der Waals surface area contributed by atoms with Gasteiger partial charge in [-0.25, -0.2) is 4.98 Å². The van der Waals surface area contributed by atoms with Gasteiger partial charge in [0, 0.05) is 30.6 Å². The Kier molecular flexibility index (Phi) is 16.1. The highest BCUT2D eigenvalue weighted by atomic mass is 32.2. The lowest BCUT2D eigenvalue weighted by molar-refractivity contribution is -0.139. The number of nitrogens with zero attached hydrogens (tertiary/aromatic N) is 3. The van der Waals surface area contributed by atoms with Gasteiger partial charge in [0.05, 0.1) is 12.8 Å². The zero-order valence-electron chi connectivity index (χ0n) is 27.7. The molecule has 0 spiro atoms. The number of amides is 1. The molecule has 0 radical (unpaired) electrons. The second kappa shape index (κ2) is 19.2. The number of aromatic nitrogens is 2. The third-order valence-corrected chi connectivity index (χ3v) is 7.12. The van der Waals surface area contributed by atoms with Gasteiger partial charge in [0.25, 0.3) is 5.91 Å². The van der Waals surface area contributed by atoms with Crippen LogP contribution >= 0.6 is 11.9 Å². The summed E-state index contributed by atoms with van der Waals surface area (Å²) in [6.07, 6.45) is 0.124. The van der Waals surface area contributed by atoms with Gasteiger partial charge in [0.15, 0.2) is 0 Å². The molecule has 254 valence electrons. The van der Waals surface area contributed by atoms with Gasteiger partial charge in [0.2, 0.25) is 11.8 Å². The number of halogens is 3. The molecule has 13 heteroatoms. The van der Waals surface area contributed by atoms with Crippen LogP contribution in [0.3, 0.4) is 0 Å². The lowest BCUT2D eigenvalue weighted by Gasteiger charge is -2.29. The molecule has 4 N–H and O–H groups in total. The molecule has 1 aromatic heterocycles. The quantitative estimate of drug-likeness (QED) is 0.232. The van der Waals surface area contributed by atoms with Gasteiger partial charge < -0.3 is 25.0 Å². The molecule has 2 heterocycles. The largest absolute Gasteiger partial charge is 0.495 e. The maximum absolute atomic E-state index is 13.7. The number of hydrogen-bond acceptors (Lipinski definition) is 9. The summed E-state index contributed by atoms with van der Waals surface area (Å²) in [4.78, 5) is 23.0. The predicted molar refractivity (Wildman–Crippen MR) is 180 cm³/mol. The van der Waals surface area contributed by atoms with Gasteiger partial charge in [-0.1, -0.05) is 63.9 Å². The van der Waals surface area contributed by atoms with E-state index < -0.39 is 23.7 Å². The van der Waals surface area contributed by atoms with E-state index in [9.17, 15) is 18.0 Å². The Morgan fingerprint density at radius 2 is 1.63 bits per heavy atom. The molecule has 5 rings (SSSR count). The smallest absolute Gasteiger partial charge is 0.423 e. The van der Waals surface area contributed by atoms with E-state index >= 15 is 0 Å². The van der Waals surface area contributed by atoms with Gasteiger partial charge in [-0.3, -0.25) is 9.93 Å². The average molecular weight is 665 g/mol. The second-order valence-corrected chi connectivity index (χ2v) is 10.6. The number of benzene rings is 2. The van der Waals surface area contributed by atoms with Crippen molar-refractivity contribution >= 4 is 29.5 Å². The van der Waals surface area contributed by atoms with Crippen molar-refractivity contribution < 1.29 is 27.4 Å². The molecule has 0 saturated carbocycles. The molecule has 46 heavy (non-hydrogen) atoms. The molecule has 2 aliphatic rings. The number of anilines is 2. The van der Waals surface area contributed by atoms with Crippen molar-refractivity contribution in [1.82, 2.24) is 20.2 Å². The van der Waals surface area contributed by atoms with Crippen LogP contribution in [-0.2, 0) is 19.0 Å². The molecule has 0 atom stereocenters. The Morgan fingerprint density at radius 1 is 1.04 bits per heavy atom. The van der Waals surface area contributed by atoms with Crippen molar-refractivity contribution in [2.45, 2.75) is 71.7 Å². The van der Waals surface area contributed by atoms with Crippen LogP contribution in [0.15, 0.2) is 48.7 Å². The molecule has 1 saturated heterocycles. The topological polar surface area (TPSA) is 115 Å². The van der Waals surface area contributed by atoms with Gasteiger partial charge in [-0.05, 0) is 68.6 Å².